The van der Waals surface area contributed by atoms with E-state index in [0.29, 0.717) is 0 Å². The second-order valence-electron chi connectivity index (χ2n) is 5.42. The molecule has 0 bridgehead atoms. The van der Waals surface area contributed by atoms with Gasteiger partial charge in [0, 0.05) is 38.3 Å². The first-order valence-electron chi connectivity index (χ1n) is 6.99. The molecule has 0 saturated carbocycles. The number of carbonyl (C=O) groups excluding carboxylic acids is 1. The molecule has 0 unspecified atom stereocenters. The highest BCUT2D eigenvalue weighted by Gasteiger charge is 2.24. The van der Waals surface area contributed by atoms with Crippen LogP contribution in [0.2, 0.25) is 0 Å². The van der Waals surface area contributed by atoms with Crippen molar-refractivity contribution in [1.29, 1.82) is 0 Å². The summed E-state index contributed by atoms with van der Waals surface area (Å²) in [4.78, 5) is 16.2. The zero-order chi connectivity index (χ0) is 14.1. The summed E-state index contributed by atoms with van der Waals surface area (Å²) < 4.78 is 1.92. The summed E-state index contributed by atoms with van der Waals surface area (Å²) in [5.74, 6) is 0.312. The number of aromatic nitrogens is 3. The van der Waals surface area contributed by atoms with E-state index in [2.05, 4.69) is 21.2 Å². The Balaban J connectivity index is 1.75. The maximum atomic E-state index is 12.0. The molecule has 6 nitrogen and oxygen atoms in total. The van der Waals surface area contributed by atoms with E-state index in [0.717, 1.165) is 37.5 Å². The second kappa shape index (κ2) is 5.11. The number of nitrogens with zero attached hydrogens (tertiary/aromatic N) is 5. The number of carbonyl (C=O) groups is 1. The third-order valence-electron chi connectivity index (χ3n) is 3.73. The van der Waals surface area contributed by atoms with Crippen molar-refractivity contribution in [2.45, 2.75) is 13.8 Å². The molecule has 0 atom stereocenters. The molecule has 1 amide bonds. The summed E-state index contributed by atoms with van der Waals surface area (Å²) >= 11 is 0. The highest BCUT2D eigenvalue weighted by molar-refractivity contribution is 5.78. The van der Waals surface area contributed by atoms with E-state index in [-0.39, 0.29) is 11.8 Å². The molecular formula is C14H19N5O. The van der Waals surface area contributed by atoms with Crippen molar-refractivity contribution in [2.24, 2.45) is 5.92 Å². The first kappa shape index (κ1) is 12.9. The Morgan fingerprint density at radius 1 is 1.25 bits per heavy atom. The summed E-state index contributed by atoms with van der Waals surface area (Å²) in [6.07, 6.45) is 3.65. The number of amides is 1. The van der Waals surface area contributed by atoms with Crippen molar-refractivity contribution in [2.75, 3.05) is 31.1 Å². The van der Waals surface area contributed by atoms with Crippen LogP contribution < -0.4 is 4.90 Å². The lowest BCUT2D eigenvalue weighted by molar-refractivity contribution is -0.134. The van der Waals surface area contributed by atoms with Crippen LogP contribution in [0.15, 0.2) is 24.7 Å². The van der Waals surface area contributed by atoms with Gasteiger partial charge in [0.2, 0.25) is 5.91 Å². The zero-order valence-electron chi connectivity index (χ0n) is 11.9. The van der Waals surface area contributed by atoms with Crippen LogP contribution in [0.5, 0.6) is 0 Å². The molecule has 0 radical (unpaired) electrons. The Kier molecular flexibility index (Phi) is 3.30. The molecule has 1 fully saturated rings. The molecular weight excluding hydrogens is 254 g/mol. The standard InChI is InChI=1S/C14H19N5O/c1-11(2)14(20)18-8-6-17(7-9-18)12-4-3-5-19-10-15-16-13(12)19/h3-5,10-11H,6-9H2,1-2H3. The second-order valence-corrected chi connectivity index (χ2v) is 5.42. The molecule has 3 heterocycles. The molecule has 1 aliphatic rings. The minimum absolute atomic E-state index is 0.0708. The number of fused-ring (bicyclic) bond motifs is 1. The van der Waals surface area contributed by atoms with E-state index in [1.807, 2.05) is 35.4 Å². The number of piperazine rings is 1. The average Bonchev–Trinajstić information content (AvgIpc) is 2.95. The lowest BCUT2D eigenvalue weighted by Gasteiger charge is -2.36. The first-order valence-corrected chi connectivity index (χ1v) is 6.99. The molecule has 0 spiro atoms. The van der Waals surface area contributed by atoms with Gasteiger partial charge < -0.3 is 9.80 Å². The summed E-state index contributed by atoms with van der Waals surface area (Å²) in [5.41, 5.74) is 1.96. The maximum Gasteiger partial charge on any atom is 0.225 e. The normalized spacial score (nSPS) is 16.1. The minimum atomic E-state index is 0.0708. The average molecular weight is 273 g/mol. The first-order chi connectivity index (χ1) is 9.66. The topological polar surface area (TPSA) is 53.7 Å². The van der Waals surface area contributed by atoms with Gasteiger partial charge in [0.1, 0.15) is 6.33 Å². The number of anilines is 1. The largest absolute Gasteiger partial charge is 0.365 e. The molecule has 1 aliphatic heterocycles. The molecule has 0 aliphatic carbocycles. The summed E-state index contributed by atoms with van der Waals surface area (Å²) in [7, 11) is 0. The third-order valence-corrected chi connectivity index (χ3v) is 3.73. The third kappa shape index (κ3) is 2.21. The van der Waals surface area contributed by atoms with E-state index in [4.69, 9.17) is 0 Å². The molecule has 20 heavy (non-hydrogen) atoms. The summed E-state index contributed by atoms with van der Waals surface area (Å²) in [6.45, 7) is 7.12. The van der Waals surface area contributed by atoms with Gasteiger partial charge in [0.25, 0.3) is 0 Å². The van der Waals surface area contributed by atoms with Crippen molar-refractivity contribution in [1.82, 2.24) is 19.5 Å². The van der Waals surface area contributed by atoms with Crippen LogP contribution in [-0.2, 0) is 4.79 Å². The Morgan fingerprint density at radius 3 is 2.70 bits per heavy atom. The van der Waals surface area contributed by atoms with E-state index >= 15 is 0 Å². The molecule has 2 aromatic rings. The predicted octanol–water partition coefficient (Wildman–Crippen LogP) is 1.03. The van der Waals surface area contributed by atoms with Gasteiger partial charge in [0.05, 0.1) is 5.69 Å². The number of hydrogen-bond donors (Lipinski definition) is 0. The molecule has 1 saturated heterocycles. The lowest BCUT2D eigenvalue weighted by atomic mass is 10.1. The number of pyridine rings is 1. The van der Waals surface area contributed by atoms with E-state index in [9.17, 15) is 4.79 Å². The van der Waals surface area contributed by atoms with Gasteiger partial charge in [-0.15, -0.1) is 10.2 Å². The fourth-order valence-corrected chi connectivity index (χ4v) is 2.62. The van der Waals surface area contributed by atoms with Crippen molar-refractivity contribution in [3.8, 4) is 0 Å². The fraction of sp³-hybridized carbons (Fsp3) is 0.500. The monoisotopic (exact) mass is 273 g/mol. The van der Waals surface area contributed by atoms with Crippen LogP contribution >= 0.6 is 0 Å². The molecule has 3 rings (SSSR count). The maximum absolute atomic E-state index is 12.0. The van der Waals surface area contributed by atoms with Crippen molar-refractivity contribution < 1.29 is 4.79 Å². The molecule has 6 heteroatoms. The van der Waals surface area contributed by atoms with Gasteiger partial charge >= 0.3 is 0 Å². The smallest absolute Gasteiger partial charge is 0.225 e. The van der Waals surface area contributed by atoms with Gasteiger partial charge in [-0.2, -0.15) is 0 Å². The molecule has 0 aromatic carbocycles. The van der Waals surface area contributed by atoms with E-state index < -0.39 is 0 Å². The van der Waals surface area contributed by atoms with Gasteiger partial charge in [-0.3, -0.25) is 9.20 Å². The highest BCUT2D eigenvalue weighted by atomic mass is 16.2. The SMILES string of the molecule is CC(C)C(=O)N1CCN(c2cccn3cnnc23)CC1. The van der Waals surface area contributed by atoms with Gasteiger partial charge in [-0.1, -0.05) is 13.8 Å². The van der Waals surface area contributed by atoms with Gasteiger partial charge in [-0.25, -0.2) is 0 Å². The lowest BCUT2D eigenvalue weighted by Crippen LogP contribution is -2.50. The van der Waals surface area contributed by atoms with Gasteiger partial charge in [-0.05, 0) is 12.1 Å². The van der Waals surface area contributed by atoms with Crippen LogP contribution in [0.4, 0.5) is 5.69 Å². The Hall–Kier alpha value is -2.11. The van der Waals surface area contributed by atoms with Crippen molar-refractivity contribution >= 4 is 17.2 Å². The van der Waals surface area contributed by atoms with Crippen molar-refractivity contribution in [3.05, 3.63) is 24.7 Å². The molecule has 0 N–H and O–H groups in total. The van der Waals surface area contributed by atoms with Crippen LogP contribution in [0.25, 0.3) is 5.65 Å². The predicted molar refractivity (Wildman–Crippen MR) is 76.6 cm³/mol. The molecule has 106 valence electrons. The molecule has 2 aromatic heterocycles. The van der Waals surface area contributed by atoms with Crippen molar-refractivity contribution in [3.63, 3.8) is 0 Å². The van der Waals surface area contributed by atoms with Crippen LogP contribution in [0, 0.1) is 5.92 Å². The Bertz CT molecular complexity index is 613. The summed E-state index contributed by atoms with van der Waals surface area (Å²) in [5, 5.41) is 8.11. The highest BCUT2D eigenvalue weighted by Crippen LogP contribution is 2.21. The number of hydrogen-bond acceptors (Lipinski definition) is 4. The van der Waals surface area contributed by atoms with Crippen LogP contribution in [-0.4, -0.2) is 51.6 Å². The van der Waals surface area contributed by atoms with Gasteiger partial charge in [0.15, 0.2) is 5.65 Å². The Morgan fingerprint density at radius 2 is 2.00 bits per heavy atom. The van der Waals surface area contributed by atoms with E-state index in [1.165, 1.54) is 0 Å². The quantitative estimate of drug-likeness (QED) is 0.820. The van der Waals surface area contributed by atoms with E-state index in [1.54, 1.807) is 6.33 Å². The fourth-order valence-electron chi connectivity index (χ4n) is 2.62. The minimum Gasteiger partial charge on any atom is -0.365 e. The van der Waals surface area contributed by atoms with Crippen LogP contribution in [0.3, 0.4) is 0 Å². The number of rotatable bonds is 2. The van der Waals surface area contributed by atoms with Crippen LogP contribution in [0.1, 0.15) is 13.8 Å². The Labute approximate surface area is 118 Å². The zero-order valence-corrected chi connectivity index (χ0v) is 11.9. The summed E-state index contributed by atoms with van der Waals surface area (Å²) in [6, 6.07) is 4.06.